The molecule has 6 heteroatoms. The Kier molecular flexibility index (Phi) is 8.66. The van der Waals surface area contributed by atoms with Crippen molar-refractivity contribution < 1.29 is 14.7 Å². The predicted octanol–water partition coefficient (Wildman–Crippen LogP) is 1.63. The minimum Gasteiger partial charge on any atom is -0.480 e. The number of aliphatic carboxylic acids is 1. The zero-order valence-corrected chi connectivity index (χ0v) is 11.5. The second-order valence-corrected chi connectivity index (χ2v) is 4.69. The SMILES string of the molecule is CCCN(CC)C(=O)N[C@H](CCSC)C(=O)O. The van der Waals surface area contributed by atoms with E-state index in [1.54, 1.807) is 16.7 Å². The van der Waals surface area contributed by atoms with Crippen molar-refractivity contribution in [1.82, 2.24) is 10.2 Å². The van der Waals surface area contributed by atoms with Crippen molar-refractivity contribution in [2.45, 2.75) is 32.7 Å². The van der Waals surface area contributed by atoms with Gasteiger partial charge in [-0.25, -0.2) is 9.59 Å². The summed E-state index contributed by atoms with van der Waals surface area (Å²) >= 11 is 1.57. The number of carboxylic acids is 1. The van der Waals surface area contributed by atoms with Crippen molar-refractivity contribution in [2.75, 3.05) is 25.1 Å². The van der Waals surface area contributed by atoms with Gasteiger partial charge in [0.25, 0.3) is 0 Å². The zero-order chi connectivity index (χ0) is 13.3. The topological polar surface area (TPSA) is 69.6 Å². The summed E-state index contributed by atoms with van der Waals surface area (Å²) in [5, 5.41) is 11.6. The Morgan fingerprint density at radius 1 is 1.41 bits per heavy atom. The first kappa shape index (κ1) is 16.1. The lowest BCUT2D eigenvalue weighted by atomic mass is 10.2. The van der Waals surface area contributed by atoms with Gasteiger partial charge in [0.1, 0.15) is 6.04 Å². The maximum Gasteiger partial charge on any atom is 0.326 e. The van der Waals surface area contributed by atoms with Gasteiger partial charge in [-0.05, 0) is 31.8 Å². The fourth-order valence-corrected chi connectivity index (χ4v) is 1.88. The normalized spacial score (nSPS) is 11.9. The first-order valence-electron chi connectivity index (χ1n) is 5.83. The third-order valence-corrected chi connectivity index (χ3v) is 3.01. The molecule has 0 aliphatic heterocycles. The van der Waals surface area contributed by atoms with Crippen LogP contribution in [0.3, 0.4) is 0 Å². The maximum atomic E-state index is 11.8. The Labute approximate surface area is 107 Å². The number of nitrogens with zero attached hydrogens (tertiary/aromatic N) is 1. The van der Waals surface area contributed by atoms with Gasteiger partial charge in [0.05, 0.1) is 0 Å². The highest BCUT2D eigenvalue weighted by molar-refractivity contribution is 7.98. The number of carbonyl (C=O) groups is 2. The quantitative estimate of drug-likeness (QED) is 0.697. The van der Waals surface area contributed by atoms with Crippen LogP contribution in [0.1, 0.15) is 26.7 Å². The number of carboxylic acid groups (broad SMARTS) is 1. The van der Waals surface area contributed by atoms with Crippen LogP contribution < -0.4 is 5.32 Å². The number of urea groups is 1. The first-order valence-corrected chi connectivity index (χ1v) is 7.23. The summed E-state index contributed by atoms with van der Waals surface area (Å²) in [5.41, 5.74) is 0. The van der Waals surface area contributed by atoms with Gasteiger partial charge in [-0.15, -0.1) is 0 Å². The van der Waals surface area contributed by atoms with E-state index in [0.717, 1.165) is 12.2 Å². The summed E-state index contributed by atoms with van der Waals surface area (Å²) < 4.78 is 0. The number of nitrogens with one attached hydrogen (secondary N) is 1. The van der Waals surface area contributed by atoms with Crippen molar-refractivity contribution in [1.29, 1.82) is 0 Å². The average molecular weight is 262 g/mol. The molecule has 2 amide bonds. The van der Waals surface area contributed by atoms with E-state index in [-0.39, 0.29) is 6.03 Å². The summed E-state index contributed by atoms with van der Waals surface area (Å²) in [6.07, 6.45) is 3.23. The van der Waals surface area contributed by atoms with E-state index in [2.05, 4.69) is 5.32 Å². The monoisotopic (exact) mass is 262 g/mol. The van der Waals surface area contributed by atoms with Gasteiger partial charge >= 0.3 is 12.0 Å². The second-order valence-electron chi connectivity index (χ2n) is 3.70. The summed E-state index contributed by atoms with van der Waals surface area (Å²) in [5.74, 6) is -0.253. The van der Waals surface area contributed by atoms with Crippen LogP contribution in [0.4, 0.5) is 4.79 Å². The highest BCUT2D eigenvalue weighted by Gasteiger charge is 2.21. The standard InChI is InChI=1S/C11H22N2O3S/c1-4-7-13(5-2)11(16)12-9(10(14)15)6-8-17-3/h9H,4-8H2,1-3H3,(H,12,16)(H,14,15)/t9-/m1/s1. The van der Waals surface area contributed by atoms with Gasteiger partial charge in [0.2, 0.25) is 0 Å². The minimum atomic E-state index is -0.972. The van der Waals surface area contributed by atoms with E-state index in [1.807, 2.05) is 20.1 Å². The van der Waals surface area contributed by atoms with Crippen LogP contribution in [0, 0.1) is 0 Å². The lowest BCUT2D eigenvalue weighted by molar-refractivity contribution is -0.139. The van der Waals surface area contributed by atoms with E-state index in [1.165, 1.54) is 0 Å². The Morgan fingerprint density at radius 3 is 2.47 bits per heavy atom. The first-order chi connectivity index (χ1) is 8.06. The minimum absolute atomic E-state index is 0.289. The maximum absolute atomic E-state index is 11.8. The van der Waals surface area contributed by atoms with Crippen molar-refractivity contribution in [3.63, 3.8) is 0 Å². The van der Waals surface area contributed by atoms with Gasteiger partial charge in [-0.3, -0.25) is 0 Å². The lowest BCUT2D eigenvalue weighted by Crippen LogP contribution is -2.48. The van der Waals surface area contributed by atoms with Gasteiger partial charge in [-0.1, -0.05) is 6.92 Å². The third-order valence-electron chi connectivity index (χ3n) is 2.37. The van der Waals surface area contributed by atoms with E-state index in [4.69, 9.17) is 5.11 Å². The molecule has 2 N–H and O–H groups in total. The smallest absolute Gasteiger partial charge is 0.326 e. The van der Waals surface area contributed by atoms with Crippen LogP contribution in [-0.4, -0.2) is 53.1 Å². The molecule has 0 bridgehead atoms. The molecule has 0 unspecified atom stereocenters. The molecule has 0 aliphatic rings. The third kappa shape index (κ3) is 6.41. The van der Waals surface area contributed by atoms with Gasteiger partial charge in [0, 0.05) is 13.1 Å². The molecule has 0 aromatic carbocycles. The number of hydrogen-bond donors (Lipinski definition) is 2. The average Bonchev–Trinajstić information content (AvgIpc) is 2.30. The largest absolute Gasteiger partial charge is 0.480 e. The molecule has 100 valence electrons. The molecule has 0 saturated heterocycles. The number of hydrogen-bond acceptors (Lipinski definition) is 3. The van der Waals surface area contributed by atoms with Gasteiger partial charge in [-0.2, -0.15) is 11.8 Å². The Bertz CT molecular complexity index is 249. The molecule has 0 aliphatic carbocycles. The van der Waals surface area contributed by atoms with Gasteiger partial charge < -0.3 is 15.3 Å². The number of amides is 2. The highest BCUT2D eigenvalue weighted by atomic mass is 32.2. The fourth-order valence-electron chi connectivity index (χ4n) is 1.41. The molecule has 0 rings (SSSR count). The van der Waals surface area contributed by atoms with Crippen molar-refractivity contribution >= 4 is 23.8 Å². The number of rotatable bonds is 8. The van der Waals surface area contributed by atoms with E-state index >= 15 is 0 Å². The summed E-state index contributed by atoms with van der Waals surface area (Å²) in [4.78, 5) is 24.4. The summed E-state index contributed by atoms with van der Waals surface area (Å²) in [6, 6.07) is -1.08. The second kappa shape index (κ2) is 9.15. The molecule has 0 radical (unpaired) electrons. The molecule has 0 saturated carbocycles. The van der Waals surface area contributed by atoms with Crippen LogP contribution in [0.2, 0.25) is 0 Å². The van der Waals surface area contributed by atoms with E-state index in [0.29, 0.717) is 19.5 Å². The van der Waals surface area contributed by atoms with Crippen LogP contribution >= 0.6 is 11.8 Å². The number of thioether (sulfide) groups is 1. The summed E-state index contributed by atoms with van der Waals surface area (Å²) in [6.45, 7) is 5.11. The molecular weight excluding hydrogens is 240 g/mol. The molecule has 0 aromatic heterocycles. The van der Waals surface area contributed by atoms with Gasteiger partial charge in [0.15, 0.2) is 0 Å². The molecule has 17 heavy (non-hydrogen) atoms. The van der Waals surface area contributed by atoms with Crippen molar-refractivity contribution in [3.05, 3.63) is 0 Å². The highest BCUT2D eigenvalue weighted by Crippen LogP contribution is 2.02. The van der Waals surface area contributed by atoms with Crippen LogP contribution in [0.5, 0.6) is 0 Å². The van der Waals surface area contributed by atoms with Crippen molar-refractivity contribution in [3.8, 4) is 0 Å². The molecule has 0 spiro atoms. The summed E-state index contributed by atoms with van der Waals surface area (Å²) in [7, 11) is 0. The predicted molar refractivity (Wildman–Crippen MR) is 70.5 cm³/mol. The van der Waals surface area contributed by atoms with Crippen LogP contribution in [0.15, 0.2) is 0 Å². The Balaban J connectivity index is 4.32. The molecule has 1 atom stereocenters. The number of carbonyl (C=O) groups excluding carboxylic acids is 1. The van der Waals surface area contributed by atoms with Crippen molar-refractivity contribution in [2.24, 2.45) is 0 Å². The molecule has 0 heterocycles. The zero-order valence-electron chi connectivity index (χ0n) is 10.7. The van der Waals surface area contributed by atoms with Crippen LogP contribution in [-0.2, 0) is 4.79 Å². The fraction of sp³-hybridized carbons (Fsp3) is 0.818. The van der Waals surface area contributed by atoms with E-state index in [9.17, 15) is 9.59 Å². The molecule has 5 nitrogen and oxygen atoms in total. The van der Waals surface area contributed by atoms with Crippen LogP contribution in [0.25, 0.3) is 0 Å². The Morgan fingerprint density at radius 2 is 2.06 bits per heavy atom. The molecular formula is C11H22N2O3S. The molecule has 0 fully saturated rings. The molecule has 0 aromatic rings. The van der Waals surface area contributed by atoms with E-state index < -0.39 is 12.0 Å². The Hall–Kier alpha value is -0.910. The lowest BCUT2D eigenvalue weighted by Gasteiger charge is -2.23.